The first-order valence-electron chi connectivity index (χ1n) is 13.4. The van der Waals surface area contributed by atoms with Crippen molar-refractivity contribution in [1.82, 2.24) is 0 Å². The van der Waals surface area contributed by atoms with E-state index in [1.807, 2.05) is 27.7 Å². The Balaban J connectivity index is 1.68. The van der Waals surface area contributed by atoms with Gasteiger partial charge in [-0.3, -0.25) is 4.79 Å². The first-order chi connectivity index (χ1) is 15.9. The number of allylic oxidation sites excluding steroid dienone is 1. The molecule has 0 spiro atoms. The molecule has 0 aliphatic heterocycles. The summed E-state index contributed by atoms with van der Waals surface area (Å²) in [5.74, 6) is -1.12. The Labute approximate surface area is 209 Å². The van der Waals surface area contributed by atoms with Crippen LogP contribution in [0.2, 0.25) is 0 Å². The lowest BCUT2D eigenvalue weighted by atomic mass is 9.45. The fourth-order valence-corrected chi connectivity index (χ4v) is 8.37. The second-order valence-corrected chi connectivity index (χ2v) is 13.6. The average molecular weight is 495 g/mol. The summed E-state index contributed by atoms with van der Waals surface area (Å²) >= 11 is 0. The van der Waals surface area contributed by atoms with Gasteiger partial charge in [0.15, 0.2) is 5.78 Å². The molecular formula is C28H46O7. The van der Waals surface area contributed by atoms with Crippen LogP contribution in [0.4, 0.5) is 0 Å². The van der Waals surface area contributed by atoms with E-state index in [-0.39, 0.29) is 36.4 Å². The highest BCUT2D eigenvalue weighted by Crippen LogP contribution is 2.68. The Morgan fingerprint density at radius 2 is 1.69 bits per heavy atom. The van der Waals surface area contributed by atoms with E-state index in [1.165, 1.54) is 0 Å². The zero-order chi connectivity index (χ0) is 26.4. The Bertz CT molecular complexity index is 894. The number of ketones is 1. The van der Waals surface area contributed by atoms with E-state index in [2.05, 4.69) is 0 Å². The minimum atomic E-state index is -1.54. The van der Waals surface area contributed by atoms with Crippen molar-refractivity contribution in [3.63, 3.8) is 0 Å². The third-order valence-electron chi connectivity index (χ3n) is 11.3. The van der Waals surface area contributed by atoms with Crippen molar-refractivity contribution in [1.29, 1.82) is 0 Å². The maximum Gasteiger partial charge on any atom is 0.159 e. The van der Waals surface area contributed by atoms with Crippen LogP contribution in [-0.2, 0) is 4.79 Å². The lowest BCUT2D eigenvalue weighted by Crippen LogP contribution is -2.63. The summed E-state index contributed by atoms with van der Waals surface area (Å²) in [4.78, 5) is 13.3. The standard InChI is InChI=1S/C28H46O7/c1-15(2)26(5,33)14-23(32)27(6,34)22-8-10-28(35)17-11-19(29)18-12-20(30)21(31)13-24(18,3)16(17)7-9-25(22,28)4/h11,15-16,18,20-23,30-35H,7-10,12-14H2,1-6H3/t16-,18-,20+,21-,22-,23+,24+,25+,26+,27+,28+/m0/s1. The fourth-order valence-electron chi connectivity index (χ4n) is 8.37. The molecule has 4 rings (SSSR count). The van der Waals surface area contributed by atoms with E-state index in [0.717, 1.165) is 0 Å². The summed E-state index contributed by atoms with van der Waals surface area (Å²) in [6.07, 6.45) is 1.32. The number of hydrogen-bond acceptors (Lipinski definition) is 7. The van der Waals surface area contributed by atoms with Gasteiger partial charge >= 0.3 is 0 Å². The smallest absolute Gasteiger partial charge is 0.159 e. The van der Waals surface area contributed by atoms with Crippen molar-refractivity contribution in [2.75, 3.05) is 0 Å². The molecule has 11 atom stereocenters. The number of aliphatic hydroxyl groups excluding tert-OH is 3. The van der Waals surface area contributed by atoms with Gasteiger partial charge in [0.2, 0.25) is 0 Å². The Morgan fingerprint density at radius 1 is 1.06 bits per heavy atom. The van der Waals surface area contributed by atoms with Crippen molar-refractivity contribution in [3.8, 4) is 0 Å². The summed E-state index contributed by atoms with van der Waals surface area (Å²) in [6, 6.07) is 0. The Hall–Kier alpha value is -0.830. The van der Waals surface area contributed by atoms with Crippen LogP contribution in [-0.4, -0.2) is 71.5 Å². The van der Waals surface area contributed by atoms with Crippen LogP contribution in [0.15, 0.2) is 11.6 Å². The predicted octanol–water partition coefficient (Wildman–Crippen LogP) is 2.10. The van der Waals surface area contributed by atoms with Gasteiger partial charge in [-0.2, -0.15) is 0 Å². The average Bonchev–Trinajstić information content (AvgIpc) is 3.02. The molecule has 35 heavy (non-hydrogen) atoms. The molecule has 6 N–H and O–H groups in total. The normalized spacial score (nSPS) is 47.7. The molecule has 200 valence electrons. The molecule has 0 aromatic carbocycles. The number of rotatable bonds is 5. The monoisotopic (exact) mass is 494 g/mol. The molecule has 3 fully saturated rings. The number of fused-ring (bicyclic) bond motifs is 5. The molecule has 3 saturated carbocycles. The molecule has 7 nitrogen and oxygen atoms in total. The van der Waals surface area contributed by atoms with E-state index in [0.29, 0.717) is 37.7 Å². The molecule has 0 unspecified atom stereocenters. The van der Waals surface area contributed by atoms with Gasteiger partial charge in [0.05, 0.1) is 35.1 Å². The summed E-state index contributed by atoms with van der Waals surface area (Å²) in [6.45, 7) is 11.0. The van der Waals surface area contributed by atoms with Crippen molar-refractivity contribution < 1.29 is 35.4 Å². The first kappa shape index (κ1) is 27.2. The minimum absolute atomic E-state index is 0.0203. The topological polar surface area (TPSA) is 138 Å². The Morgan fingerprint density at radius 3 is 2.29 bits per heavy atom. The third kappa shape index (κ3) is 3.79. The quantitative estimate of drug-likeness (QED) is 0.344. The zero-order valence-electron chi connectivity index (χ0n) is 22.2. The van der Waals surface area contributed by atoms with E-state index in [4.69, 9.17) is 0 Å². The van der Waals surface area contributed by atoms with Crippen LogP contribution >= 0.6 is 0 Å². The third-order valence-corrected chi connectivity index (χ3v) is 11.3. The molecule has 4 aliphatic carbocycles. The number of carbonyl (C=O) groups is 1. The lowest BCUT2D eigenvalue weighted by molar-refractivity contribution is -0.184. The molecule has 0 saturated heterocycles. The molecule has 0 aromatic rings. The predicted molar refractivity (Wildman–Crippen MR) is 131 cm³/mol. The molecule has 0 radical (unpaired) electrons. The molecule has 7 heteroatoms. The minimum Gasteiger partial charge on any atom is -0.390 e. The maximum atomic E-state index is 13.3. The van der Waals surface area contributed by atoms with Crippen LogP contribution in [0.1, 0.15) is 86.5 Å². The summed E-state index contributed by atoms with van der Waals surface area (Å²) < 4.78 is 0. The van der Waals surface area contributed by atoms with Crippen LogP contribution in [0, 0.1) is 34.5 Å². The van der Waals surface area contributed by atoms with Crippen LogP contribution in [0.5, 0.6) is 0 Å². The van der Waals surface area contributed by atoms with Crippen LogP contribution in [0.3, 0.4) is 0 Å². The van der Waals surface area contributed by atoms with Gasteiger partial charge in [0, 0.05) is 17.8 Å². The SMILES string of the molecule is CC(C)[C@](C)(O)C[C@@H](O)[C@](C)(O)[C@H]1CC[C@@]2(O)C3=CC(=O)[C@@H]4C[C@@H](O)[C@@H](O)C[C@]4(C)[C@H]3CC[C@]12C. The molecular weight excluding hydrogens is 448 g/mol. The van der Waals surface area contributed by atoms with Crippen molar-refractivity contribution in [2.45, 2.75) is 122 Å². The molecule has 4 aliphatic rings. The number of hydrogen-bond donors (Lipinski definition) is 6. The highest BCUT2D eigenvalue weighted by molar-refractivity contribution is 5.95. The molecule has 0 bridgehead atoms. The van der Waals surface area contributed by atoms with Gasteiger partial charge in [0.25, 0.3) is 0 Å². The summed E-state index contributed by atoms with van der Waals surface area (Å²) in [7, 11) is 0. The van der Waals surface area contributed by atoms with Crippen molar-refractivity contribution in [2.24, 2.45) is 34.5 Å². The lowest BCUT2D eigenvalue weighted by Gasteiger charge is -2.60. The van der Waals surface area contributed by atoms with E-state index >= 15 is 0 Å². The van der Waals surface area contributed by atoms with Gasteiger partial charge in [-0.1, -0.05) is 27.7 Å². The zero-order valence-corrected chi connectivity index (χ0v) is 22.2. The summed E-state index contributed by atoms with van der Waals surface area (Å²) in [5.41, 5.74) is -4.62. The Kier molecular flexibility index (Phi) is 6.48. The van der Waals surface area contributed by atoms with E-state index in [9.17, 15) is 35.4 Å². The van der Waals surface area contributed by atoms with Gasteiger partial charge < -0.3 is 30.6 Å². The summed E-state index contributed by atoms with van der Waals surface area (Å²) in [5, 5.41) is 66.6. The molecule has 0 aromatic heterocycles. The largest absolute Gasteiger partial charge is 0.390 e. The van der Waals surface area contributed by atoms with Gasteiger partial charge in [-0.05, 0) is 87.2 Å². The van der Waals surface area contributed by atoms with Crippen LogP contribution < -0.4 is 0 Å². The number of carbonyl (C=O) groups excluding carboxylic acids is 1. The highest BCUT2D eigenvalue weighted by Gasteiger charge is 2.69. The maximum absolute atomic E-state index is 13.3. The van der Waals surface area contributed by atoms with Gasteiger partial charge in [-0.25, -0.2) is 0 Å². The van der Waals surface area contributed by atoms with Crippen molar-refractivity contribution in [3.05, 3.63) is 11.6 Å². The fraction of sp³-hybridized carbons (Fsp3) is 0.893. The second-order valence-electron chi connectivity index (χ2n) is 13.6. The van der Waals surface area contributed by atoms with Crippen molar-refractivity contribution >= 4 is 5.78 Å². The molecule has 0 amide bonds. The first-order valence-corrected chi connectivity index (χ1v) is 13.4. The second kappa shape index (κ2) is 8.34. The van der Waals surface area contributed by atoms with E-state index < -0.39 is 51.9 Å². The van der Waals surface area contributed by atoms with E-state index in [1.54, 1.807) is 19.9 Å². The van der Waals surface area contributed by atoms with Crippen LogP contribution in [0.25, 0.3) is 0 Å². The van der Waals surface area contributed by atoms with Gasteiger partial charge in [0.1, 0.15) is 0 Å². The van der Waals surface area contributed by atoms with Gasteiger partial charge in [-0.15, -0.1) is 0 Å². The highest BCUT2D eigenvalue weighted by atomic mass is 16.3. The number of aliphatic hydroxyl groups is 6. The molecule has 0 heterocycles.